The molecule has 0 radical (unpaired) electrons. The van der Waals surface area contributed by atoms with E-state index in [2.05, 4.69) is 0 Å². The van der Waals surface area contributed by atoms with Crippen LogP contribution in [0, 0.1) is 13.8 Å². The van der Waals surface area contributed by atoms with Gasteiger partial charge >= 0.3 is 5.97 Å². The third-order valence-electron chi connectivity index (χ3n) is 2.52. The van der Waals surface area contributed by atoms with E-state index in [1.54, 1.807) is 13.0 Å². The van der Waals surface area contributed by atoms with Crippen molar-refractivity contribution in [1.82, 2.24) is 0 Å². The third-order valence-corrected chi connectivity index (χ3v) is 2.52. The summed E-state index contributed by atoms with van der Waals surface area (Å²) < 4.78 is 4.86. The standard InChI is InChI=1S/C13H16O3/c1-4-16-13(15)7-11-5-9(2)10(3)6-12(11)8-14/h5-6,8H,4,7H2,1-3H3. The molecule has 0 saturated heterocycles. The van der Waals surface area contributed by atoms with Gasteiger partial charge in [-0.15, -0.1) is 0 Å². The Kier molecular flexibility index (Phi) is 4.23. The second kappa shape index (κ2) is 5.45. The molecule has 1 rings (SSSR count). The Morgan fingerprint density at radius 1 is 1.31 bits per heavy atom. The molecule has 0 spiro atoms. The summed E-state index contributed by atoms with van der Waals surface area (Å²) in [5.41, 5.74) is 3.42. The predicted molar refractivity (Wildman–Crippen MR) is 61.6 cm³/mol. The van der Waals surface area contributed by atoms with Crippen LogP contribution >= 0.6 is 0 Å². The molecule has 0 atom stereocenters. The minimum absolute atomic E-state index is 0.156. The molecule has 0 heterocycles. The summed E-state index contributed by atoms with van der Waals surface area (Å²) in [5, 5.41) is 0. The number of carbonyl (C=O) groups is 2. The zero-order valence-electron chi connectivity index (χ0n) is 9.87. The third kappa shape index (κ3) is 2.92. The van der Waals surface area contributed by atoms with Crippen LogP contribution in [0.4, 0.5) is 0 Å². The Labute approximate surface area is 95.4 Å². The molecule has 0 unspecified atom stereocenters. The molecule has 0 aliphatic carbocycles. The van der Waals surface area contributed by atoms with Crippen molar-refractivity contribution in [3.8, 4) is 0 Å². The number of carbonyl (C=O) groups excluding carboxylic acids is 2. The highest BCUT2D eigenvalue weighted by molar-refractivity contribution is 5.82. The van der Waals surface area contributed by atoms with Crippen LogP contribution in [0.3, 0.4) is 0 Å². The topological polar surface area (TPSA) is 43.4 Å². The number of esters is 1. The van der Waals surface area contributed by atoms with Gasteiger partial charge in [-0.05, 0) is 43.5 Å². The van der Waals surface area contributed by atoms with Crippen molar-refractivity contribution in [2.24, 2.45) is 0 Å². The largest absolute Gasteiger partial charge is 0.466 e. The minimum atomic E-state index is -0.297. The Morgan fingerprint density at radius 3 is 2.50 bits per heavy atom. The molecule has 0 amide bonds. The first-order chi connectivity index (χ1) is 7.58. The number of rotatable bonds is 4. The van der Waals surface area contributed by atoms with E-state index in [1.165, 1.54) is 0 Å². The molecular weight excluding hydrogens is 204 g/mol. The lowest BCUT2D eigenvalue weighted by atomic mass is 9.98. The van der Waals surface area contributed by atoms with Crippen LogP contribution in [0.1, 0.15) is 34.0 Å². The van der Waals surface area contributed by atoms with Gasteiger partial charge in [0.25, 0.3) is 0 Å². The van der Waals surface area contributed by atoms with E-state index >= 15 is 0 Å². The number of hydrogen-bond donors (Lipinski definition) is 0. The van der Waals surface area contributed by atoms with Crippen molar-refractivity contribution in [3.05, 3.63) is 34.4 Å². The van der Waals surface area contributed by atoms with E-state index in [4.69, 9.17) is 4.74 Å². The van der Waals surface area contributed by atoms with Gasteiger partial charge in [-0.25, -0.2) is 0 Å². The lowest BCUT2D eigenvalue weighted by Gasteiger charge is -2.08. The molecule has 3 heteroatoms. The molecular formula is C13H16O3. The summed E-state index contributed by atoms with van der Waals surface area (Å²) in [6.45, 7) is 6.02. The van der Waals surface area contributed by atoms with Gasteiger partial charge in [0.15, 0.2) is 0 Å². The molecule has 0 bridgehead atoms. The van der Waals surface area contributed by atoms with Gasteiger partial charge in [0.05, 0.1) is 13.0 Å². The summed E-state index contributed by atoms with van der Waals surface area (Å²) in [6, 6.07) is 3.67. The van der Waals surface area contributed by atoms with Crippen LogP contribution in [0.5, 0.6) is 0 Å². The van der Waals surface area contributed by atoms with E-state index < -0.39 is 0 Å². The van der Waals surface area contributed by atoms with E-state index in [9.17, 15) is 9.59 Å². The van der Waals surface area contributed by atoms with Gasteiger partial charge in [0.2, 0.25) is 0 Å². The molecule has 0 fully saturated rings. The number of aryl methyl sites for hydroxylation is 2. The molecule has 0 N–H and O–H groups in total. The predicted octanol–water partition coefficient (Wildman–Crippen LogP) is 2.22. The second-order valence-corrected chi connectivity index (χ2v) is 3.73. The van der Waals surface area contributed by atoms with Crippen LogP contribution in [0.25, 0.3) is 0 Å². The maximum absolute atomic E-state index is 11.3. The van der Waals surface area contributed by atoms with E-state index in [0.29, 0.717) is 12.2 Å². The lowest BCUT2D eigenvalue weighted by Crippen LogP contribution is -2.09. The first-order valence-electron chi connectivity index (χ1n) is 5.29. The normalized spacial score (nSPS) is 9.94. The van der Waals surface area contributed by atoms with Crippen LogP contribution in [0.2, 0.25) is 0 Å². The zero-order valence-corrected chi connectivity index (χ0v) is 9.87. The van der Waals surface area contributed by atoms with Crippen LogP contribution in [-0.4, -0.2) is 18.9 Å². The quantitative estimate of drug-likeness (QED) is 0.577. The maximum atomic E-state index is 11.3. The number of ether oxygens (including phenoxy) is 1. The first-order valence-corrected chi connectivity index (χ1v) is 5.29. The molecule has 0 saturated carbocycles. The minimum Gasteiger partial charge on any atom is -0.466 e. The Balaban J connectivity index is 2.98. The first kappa shape index (κ1) is 12.4. The van der Waals surface area contributed by atoms with Gasteiger partial charge in [0, 0.05) is 5.56 Å². The van der Waals surface area contributed by atoms with E-state index in [-0.39, 0.29) is 12.4 Å². The van der Waals surface area contributed by atoms with E-state index in [0.717, 1.165) is 23.0 Å². The molecule has 0 aliphatic rings. The fourth-order valence-corrected chi connectivity index (χ4v) is 1.53. The fourth-order valence-electron chi connectivity index (χ4n) is 1.53. The summed E-state index contributed by atoms with van der Waals surface area (Å²) in [6.07, 6.45) is 0.935. The fraction of sp³-hybridized carbons (Fsp3) is 0.385. The second-order valence-electron chi connectivity index (χ2n) is 3.73. The summed E-state index contributed by atoms with van der Waals surface area (Å²) in [4.78, 5) is 22.2. The summed E-state index contributed by atoms with van der Waals surface area (Å²) in [7, 11) is 0. The molecule has 86 valence electrons. The highest BCUT2D eigenvalue weighted by atomic mass is 16.5. The Hall–Kier alpha value is -1.64. The van der Waals surface area contributed by atoms with Crippen LogP contribution in [-0.2, 0) is 16.0 Å². The molecule has 1 aromatic rings. The van der Waals surface area contributed by atoms with E-state index in [1.807, 2.05) is 19.9 Å². The summed E-state index contributed by atoms with van der Waals surface area (Å²) in [5.74, 6) is -0.297. The monoisotopic (exact) mass is 220 g/mol. The van der Waals surface area contributed by atoms with Crippen molar-refractivity contribution >= 4 is 12.3 Å². The highest BCUT2D eigenvalue weighted by Gasteiger charge is 2.10. The van der Waals surface area contributed by atoms with Gasteiger partial charge in [0.1, 0.15) is 6.29 Å². The number of aldehydes is 1. The average molecular weight is 220 g/mol. The zero-order chi connectivity index (χ0) is 12.1. The van der Waals surface area contributed by atoms with Gasteiger partial charge in [-0.2, -0.15) is 0 Å². The van der Waals surface area contributed by atoms with Gasteiger partial charge in [-0.1, -0.05) is 6.07 Å². The van der Waals surface area contributed by atoms with Crippen LogP contribution in [0.15, 0.2) is 12.1 Å². The smallest absolute Gasteiger partial charge is 0.310 e. The summed E-state index contributed by atoms with van der Waals surface area (Å²) >= 11 is 0. The Morgan fingerprint density at radius 2 is 1.94 bits per heavy atom. The number of hydrogen-bond acceptors (Lipinski definition) is 3. The van der Waals surface area contributed by atoms with Crippen molar-refractivity contribution in [3.63, 3.8) is 0 Å². The highest BCUT2D eigenvalue weighted by Crippen LogP contribution is 2.15. The molecule has 16 heavy (non-hydrogen) atoms. The van der Waals surface area contributed by atoms with Crippen molar-refractivity contribution in [1.29, 1.82) is 0 Å². The maximum Gasteiger partial charge on any atom is 0.310 e. The van der Waals surface area contributed by atoms with Crippen molar-refractivity contribution < 1.29 is 14.3 Å². The molecule has 0 aliphatic heterocycles. The van der Waals surface area contributed by atoms with Crippen molar-refractivity contribution in [2.75, 3.05) is 6.61 Å². The van der Waals surface area contributed by atoms with Crippen LogP contribution < -0.4 is 0 Å². The molecule has 1 aromatic carbocycles. The number of benzene rings is 1. The molecule has 3 nitrogen and oxygen atoms in total. The van der Waals surface area contributed by atoms with Crippen molar-refractivity contribution in [2.45, 2.75) is 27.2 Å². The Bertz CT molecular complexity index is 408. The lowest BCUT2D eigenvalue weighted by molar-refractivity contribution is -0.142. The van der Waals surface area contributed by atoms with Gasteiger partial charge < -0.3 is 4.74 Å². The van der Waals surface area contributed by atoms with Gasteiger partial charge in [-0.3, -0.25) is 9.59 Å². The molecule has 0 aromatic heterocycles. The average Bonchev–Trinajstić information content (AvgIpc) is 2.23. The SMILES string of the molecule is CCOC(=O)Cc1cc(C)c(C)cc1C=O.